The van der Waals surface area contributed by atoms with Crippen LogP contribution in [0.3, 0.4) is 0 Å². The van der Waals surface area contributed by atoms with Crippen molar-refractivity contribution in [1.82, 2.24) is 14.9 Å². The molecule has 144 valence electrons. The average molecular weight is 369 g/mol. The van der Waals surface area contributed by atoms with Gasteiger partial charge >= 0.3 is 0 Å². The molecular weight excluding hydrogens is 342 g/mol. The molecule has 1 spiro atoms. The number of benzene rings is 1. The lowest BCUT2D eigenvalue weighted by molar-refractivity contribution is -0.170. The summed E-state index contributed by atoms with van der Waals surface area (Å²) < 4.78 is 6.04. The molecule has 6 nitrogen and oxygen atoms in total. The lowest BCUT2D eigenvalue weighted by Gasteiger charge is -2.48. The Hall–Kier alpha value is -2.05. The molecule has 1 aromatic carbocycles. The van der Waals surface area contributed by atoms with Crippen molar-refractivity contribution in [2.75, 3.05) is 19.7 Å². The maximum atomic E-state index is 13.0. The van der Waals surface area contributed by atoms with Gasteiger partial charge in [0.05, 0.1) is 40.2 Å². The number of aliphatic hydroxyl groups is 1. The number of amides is 1. The summed E-state index contributed by atoms with van der Waals surface area (Å²) in [5, 5.41) is 10.4. The number of nitrogens with zero attached hydrogens (tertiary/aromatic N) is 3. The summed E-state index contributed by atoms with van der Waals surface area (Å²) in [4.78, 5) is 24.0. The van der Waals surface area contributed by atoms with Crippen LogP contribution < -0.4 is 0 Å². The van der Waals surface area contributed by atoms with Crippen LogP contribution in [-0.4, -0.2) is 56.8 Å². The van der Waals surface area contributed by atoms with Crippen LogP contribution in [0.25, 0.3) is 11.0 Å². The fourth-order valence-electron chi connectivity index (χ4n) is 4.31. The Morgan fingerprint density at radius 3 is 2.44 bits per heavy atom. The van der Waals surface area contributed by atoms with Crippen LogP contribution in [0.4, 0.5) is 0 Å². The van der Waals surface area contributed by atoms with Crippen LogP contribution in [0.1, 0.15) is 54.4 Å². The summed E-state index contributed by atoms with van der Waals surface area (Å²) in [6.45, 7) is 7.63. The molecule has 1 aromatic heterocycles. The maximum Gasteiger partial charge on any atom is 0.253 e. The highest BCUT2D eigenvalue weighted by Gasteiger charge is 2.44. The maximum absolute atomic E-state index is 13.0. The predicted molar refractivity (Wildman–Crippen MR) is 103 cm³/mol. The van der Waals surface area contributed by atoms with E-state index in [0.717, 1.165) is 35.3 Å². The van der Waals surface area contributed by atoms with Crippen LogP contribution in [0, 0.1) is 13.8 Å². The Bertz CT molecular complexity index is 886. The quantitative estimate of drug-likeness (QED) is 0.837. The van der Waals surface area contributed by atoms with Gasteiger partial charge in [-0.3, -0.25) is 4.79 Å². The zero-order chi connectivity index (χ0) is 19.2. The van der Waals surface area contributed by atoms with E-state index >= 15 is 0 Å². The molecule has 27 heavy (non-hydrogen) atoms. The summed E-state index contributed by atoms with van der Waals surface area (Å²) in [7, 11) is 0. The molecule has 0 saturated carbocycles. The van der Waals surface area contributed by atoms with Crippen molar-refractivity contribution in [3.05, 3.63) is 35.2 Å². The van der Waals surface area contributed by atoms with E-state index in [0.29, 0.717) is 38.1 Å². The van der Waals surface area contributed by atoms with E-state index in [2.05, 4.69) is 9.97 Å². The lowest BCUT2D eigenvalue weighted by Crippen LogP contribution is -2.54. The molecule has 2 fully saturated rings. The van der Waals surface area contributed by atoms with Gasteiger partial charge in [-0.1, -0.05) is 0 Å². The normalized spacial score (nSPS) is 25.1. The summed E-state index contributed by atoms with van der Waals surface area (Å²) in [6.07, 6.45) is 2.85. The number of aryl methyl sites for hydroxylation is 2. The van der Waals surface area contributed by atoms with Crippen LogP contribution in [0.15, 0.2) is 18.2 Å². The highest BCUT2D eigenvalue weighted by atomic mass is 16.5. The van der Waals surface area contributed by atoms with Crippen LogP contribution >= 0.6 is 0 Å². The third-order valence-corrected chi connectivity index (χ3v) is 6.04. The third-order valence-electron chi connectivity index (χ3n) is 6.04. The molecule has 4 rings (SSSR count). The smallest absolute Gasteiger partial charge is 0.253 e. The Kier molecular flexibility index (Phi) is 4.43. The van der Waals surface area contributed by atoms with Gasteiger partial charge in [0.1, 0.15) is 0 Å². The molecule has 1 amide bonds. The molecule has 0 aliphatic carbocycles. The predicted octanol–water partition coefficient (Wildman–Crippen LogP) is 2.78. The van der Waals surface area contributed by atoms with E-state index in [4.69, 9.17) is 4.74 Å². The van der Waals surface area contributed by atoms with Gasteiger partial charge in [0.15, 0.2) is 0 Å². The minimum atomic E-state index is -0.669. The molecule has 1 atom stereocenters. The number of hydrogen-bond donors (Lipinski definition) is 1. The second kappa shape index (κ2) is 6.53. The van der Waals surface area contributed by atoms with E-state index in [1.54, 1.807) is 0 Å². The largest absolute Gasteiger partial charge is 0.390 e. The number of hydrogen-bond acceptors (Lipinski definition) is 5. The van der Waals surface area contributed by atoms with Gasteiger partial charge in [0.25, 0.3) is 5.91 Å². The Morgan fingerprint density at radius 1 is 1.11 bits per heavy atom. The summed E-state index contributed by atoms with van der Waals surface area (Å²) in [5.41, 5.74) is 3.04. The molecular formula is C21H27N3O3. The molecule has 2 aliphatic rings. The zero-order valence-corrected chi connectivity index (χ0v) is 16.3. The van der Waals surface area contributed by atoms with Crippen molar-refractivity contribution in [3.63, 3.8) is 0 Å². The number of aromatic nitrogens is 2. The zero-order valence-electron chi connectivity index (χ0n) is 16.3. The molecule has 2 aliphatic heterocycles. The molecule has 1 unspecified atom stereocenters. The average Bonchev–Trinajstić information content (AvgIpc) is 2.61. The van der Waals surface area contributed by atoms with Gasteiger partial charge in [0.2, 0.25) is 0 Å². The standard InChI is InChI=1S/C21H27N3O3/c1-14-15(2)23-18-12-16(4-5-17(18)22-14)19(25)24-9-6-21(7-10-24)13-20(3,26)8-11-27-21/h4-5,12,26H,6-11,13H2,1-3H3. The first kappa shape index (κ1) is 18.3. The van der Waals surface area contributed by atoms with E-state index in [-0.39, 0.29) is 11.5 Å². The first-order valence-electron chi connectivity index (χ1n) is 9.68. The van der Waals surface area contributed by atoms with Gasteiger partial charge in [-0.15, -0.1) is 0 Å². The molecule has 1 N–H and O–H groups in total. The number of carbonyl (C=O) groups is 1. The van der Waals surface area contributed by atoms with Crippen molar-refractivity contribution >= 4 is 16.9 Å². The fourth-order valence-corrected chi connectivity index (χ4v) is 4.31. The highest BCUT2D eigenvalue weighted by molar-refractivity contribution is 5.97. The van der Waals surface area contributed by atoms with Crippen molar-refractivity contribution in [2.45, 2.75) is 57.7 Å². The van der Waals surface area contributed by atoms with Crippen molar-refractivity contribution in [2.24, 2.45) is 0 Å². The van der Waals surface area contributed by atoms with Gasteiger partial charge in [-0.25, -0.2) is 9.97 Å². The molecule has 0 bridgehead atoms. The van der Waals surface area contributed by atoms with Gasteiger partial charge in [0, 0.05) is 25.1 Å². The number of fused-ring (bicyclic) bond motifs is 1. The Morgan fingerprint density at radius 2 is 1.78 bits per heavy atom. The van der Waals surface area contributed by atoms with Crippen LogP contribution in [-0.2, 0) is 4.74 Å². The van der Waals surface area contributed by atoms with E-state index in [1.807, 2.05) is 43.9 Å². The van der Waals surface area contributed by atoms with E-state index < -0.39 is 5.60 Å². The summed E-state index contributed by atoms with van der Waals surface area (Å²) in [6, 6.07) is 5.54. The number of rotatable bonds is 1. The molecule has 6 heteroatoms. The first-order valence-corrected chi connectivity index (χ1v) is 9.68. The molecule has 0 radical (unpaired) electrons. The minimum Gasteiger partial charge on any atom is -0.390 e. The SMILES string of the molecule is Cc1nc2ccc(C(=O)N3CCC4(CC3)CC(C)(O)CCO4)cc2nc1C. The van der Waals surface area contributed by atoms with Crippen LogP contribution in [0.5, 0.6) is 0 Å². The van der Waals surface area contributed by atoms with Crippen molar-refractivity contribution in [3.8, 4) is 0 Å². The lowest BCUT2D eigenvalue weighted by atomic mass is 9.78. The molecule has 3 heterocycles. The molecule has 2 aromatic rings. The van der Waals surface area contributed by atoms with Gasteiger partial charge < -0.3 is 14.7 Å². The van der Waals surface area contributed by atoms with Crippen molar-refractivity contribution < 1.29 is 14.6 Å². The van der Waals surface area contributed by atoms with Gasteiger partial charge in [-0.2, -0.15) is 0 Å². The van der Waals surface area contributed by atoms with E-state index in [9.17, 15) is 9.90 Å². The monoisotopic (exact) mass is 369 g/mol. The number of likely N-dealkylation sites (tertiary alicyclic amines) is 1. The van der Waals surface area contributed by atoms with Crippen molar-refractivity contribution in [1.29, 1.82) is 0 Å². The first-order chi connectivity index (χ1) is 12.8. The topological polar surface area (TPSA) is 75.6 Å². The second-order valence-electron chi connectivity index (χ2n) is 8.35. The number of carbonyl (C=O) groups excluding carboxylic acids is 1. The summed E-state index contributed by atoms with van der Waals surface area (Å²) >= 11 is 0. The number of ether oxygens (including phenoxy) is 1. The summed E-state index contributed by atoms with van der Waals surface area (Å²) in [5.74, 6) is 0.0225. The third kappa shape index (κ3) is 3.56. The number of piperidine rings is 1. The Labute approximate surface area is 159 Å². The van der Waals surface area contributed by atoms with Gasteiger partial charge in [-0.05, 0) is 58.2 Å². The Balaban J connectivity index is 1.49. The second-order valence-corrected chi connectivity index (χ2v) is 8.35. The van der Waals surface area contributed by atoms with E-state index in [1.165, 1.54) is 0 Å². The highest BCUT2D eigenvalue weighted by Crippen LogP contribution is 2.39. The minimum absolute atomic E-state index is 0.0225. The van der Waals surface area contributed by atoms with Crippen LogP contribution in [0.2, 0.25) is 0 Å². The molecule has 2 saturated heterocycles. The fraction of sp³-hybridized carbons (Fsp3) is 0.571.